The normalized spacial score (nSPS) is 16.1. The number of nitrogens with zero attached hydrogens (tertiary/aromatic N) is 4. The van der Waals surface area contributed by atoms with Gasteiger partial charge in [0.25, 0.3) is 11.8 Å². The maximum Gasteiger partial charge on any atom is 0.286 e. The molecule has 0 bridgehead atoms. The lowest BCUT2D eigenvalue weighted by molar-refractivity contribution is -0.126. The number of aromatic nitrogens is 2. The van der Waals surface area contributed by atoms with E-state index in [1.807, 2.05) is 18.2 Å². The maximum atomic E-state index is 12.9. The number of anilines is 1. The summed E-state index contributed by atoms with van der Waals surface area (Å²) in [5.74, 6) is -0.952. The molecular formula is C22H30N6O3S. The molecule has 1 atom stereocenters. The predicted octanol–water partition coefficient (Wildman–Crippen LogP) is 2.10. The van der Waals surface area contributed by atoms with Crippen molar-refractivity contribution in [1.29, 1.82) is 0 Å². The van der Waals surface area contributed by atoms with Crippen molar-refractivity contribution in [3.8, 4) is 0 Å². The van der Waals surface area contributed by atoms with Crippen molar-refractivity contribution in [3.63, 3.8) is 0 Å². The molecule has 0 saturated carbocycles. The van der Waals surface area contributed by atoms with Crippen molar-refractivity contribution in [1.82, 2.24) is 25.3 Å². The van der Waals surface area contributed by atoms with Gasteiger partial charge in [-0.05, 0) is 38.1 Å². The first-order valence-corrected chi connectivity index (χ1v) is 11.8. The second kappa shape index (κ2) is 11.7. The van der Waals surface area contributed by atoms with E-state index in [0.29, 0.717) is 25.3 Å². The summed E-state index contributed by atoms with van der Waals surface area (Å²) in [6.45, 7) is 8.42. The Kier molecular flexibility index (Phi) is 8.69. The van der Waals surface area contributed by atoms with Crippen LogP contribution in [-0.2, 0) is 4.79 Å². The number of benzene rings is 1. The van der Waals surface area contributed by atoms with Gasteiger partial charge in [-0.1, -0.05) is 43.4 Å². The number of para-hydroxylation sites is 1. The predicted molar refractivity (Wildman–Crippen MR) is 124 cm³/mol. The molecule has 1 saturated heterocycles. The largest absolute Gasteiger partial charge is 0.355 e. The van der Waals surface area contributed by atoms with E-state index in [2.05, 4.69) is 39.6 Å². The highest BCUT2D eigenvalue weighted by Gasteiger charge is 2.30. The number of nitrogens with one attached hydrogen (secondary N) is 2. The van der Waals surface area contributed by atoms with Gasteiger partial charge in [-0.15, -0.1) is 10.2 Å². The summed E-state index contributed by atoms with van der Waals surface area (Å²) < 4.78 is 0. The number of likely N-dealkylation sites (N-methyl/N-ethyl adjacent to an activating group) is 1. The van der Waals surface area contributed by atoms with Crippen LogP contribution in [0.5, 0.6) is 0 Å². The van der Waals surface area contributed by atoms with Crippen molar-refractivity contribution in [3.05, 3.63) is 40.3 Å². The molecule has 0 radical (unpaired) electrons. The summed E-state index contributed by atoms with van der Waals surface area (Å²) in [6.07, 6.45) is 1.50. The fraction of sp³-hybridized carbons (Fsp3) is 0.500. The van der Waals surface area contributed by atoms with Gasteiger partial charge in [0.05, 0.1) is 5.92 Å². The zero-order valence-electron chi connectivity index (χ0n) is 18.5. The minimum atomic E-state index is -0.406. The lowest BCUT2D eigenvalue weighted by Gasteiger charge is -2.31. The minimum Gasteiger partial charge on any atom is -0.355 e. The monoisotopic (exact) mass is 458 g/mol. The Labute approximate surface area is 192 Å². The molecule has 172 valence electrons. The molecule has 2 heterocycles. The van der Waals surface area contributed by atoms with Crippen molar-refractivity contribution >= 4 is 34.7 Å². The third-order valence-corrected chi connectivity index (χ3v) is 6.44. The Bertz CT molecular complexity index is 915. The third kappa shape index (κ3) is 6.33. The van der Waals surface area contributed by atoms with Gasteiger partial charge in [0.1, 0.15) is 0 Å². The molecule has 3 rings (SSSR count). The molecule has 0 spiro atoms. The first-order chi connectivity index (χ1) is 15.5. The Morgan fingerprint density at radius 1 is 1.12 bits per heavy atom. The number of carbonyl (C=O) groups is 3. The molecule has 2 aromatic rings. The van der Waals surface area contributed by atoms with E-state index in [-0.39, 0.29) is 27.7 Å². The van der Waals surface area contributed by atoms with Crippen LogP contribution in [0.1, 0.15) is 46.3 Å². The van der Waals surface area contributed by atoms with Gasteiger partial charge in [-0.3, -0.25) is 14.4 Å². The number of amides is 3. The summed E-state index contributed by atoms with van der Waals surface area (Å²) in [7, 11) is 0. The highest BCUT2D eigenvalue weighted by atomic mass is 32.1. The molecule has 10 heteroatoms. The second-order valence-corrected chi connectivity index (χ2v) is 8.62. The van der Waals surface area contributed by atoms with E-state index < -0.39 is 5.91 Å². The topological polar surface area (TPSA) is 108 Å². The molecule has 1 aromatic carbocycles. The SMILES string of the molecule is CCN(CC)CCNC(=O)[C@@H]1CCCN(C(=O)c2nnc(C(=O)Nc3ccccc3)s2)C1. The Morgan fingerprint density at radius 2 is 1.84 bits per heavy atom. The summed E-state index contributed by atoms with van der Waals surface area (Å²) in [6, 6.07) is 9.03. The molecule has 2 N–H and O–H groups in total. The average Bonchev–Trinajstić information content (AvgIpc) is 3.32. The van der Waals surface area contributed by atoms with Gasteiger partial charge in [-0.2, -0.15) is 0 Å². The number of carbonyl (C=O) groups excluding carboxylic acids is 3. The molecule has 1 aliphatic heterocycles. The van der Waals surface area contributed by atoms with E-state index in [1.54, 1.807) is 17.0 Å². The van der Waals surface area contributed by atoms with Gasteiger partial charge < -0.3 is 20.4 Å². The molecule has 0 unspecified atom stereocenters. The van der Waals surface area contributed by atoms with Crippen LogP contribution in [0, 0.1) is 5.92 Å². The fourth-order valence-corrected chi connectivity index (χ4v) is 4.35. The van der Waals surface area contributed by atoms with Gasteiger partial charge in [0.2, 0.25) is 15.9 Å². The molecule has 1 aliphatic rings. The number of likely N-dealkylation sites (tertiary alicyclic amines) is 1. The first kappa shape index (κ1) is 23.8. The quantitative estimate of drug-likeness (QED) is 0.596. The Hall–Kier alpha value is -2.85. The third-order valence-electron chi connectivity index (χ3n) is 5.53. The summed E-state index contributed by atoms with van der Waals surface area (Å²) >= 11 is 0.962. The lowest BCUT2D eigenvalue weighted by atomic mass is 9.97. The van der Waals surface area contributed by atoms with Crippen molar-refractivity contribution in [2.24, 2.45) is 5.92 Å². The molecule has 3 amide bonds. The van der Waals surface area contributed by atoms with Crippen LogP contribution < -0.4 is 10.6 Å². The van der Waals surface area contributed by atoms with Crippen LogP contribution in [0.25, 0.3) is 0 Å². The fourth-order valence-electron chi connectivity index (χ4n) is 3.64. The van der Waals surface area contributed by atoms with Crippen LogP contribution in [0.15, 0.2) is 30.3 Å². The Balaban J connectivity index is 1.53. The van der Waals surface area contributed by atoms with Gasteiger partial charge in [-0.25, -0.2) is 0 Å². The molecule has 9 nitrogen and oxygen atoms in total. The summed E-state index contributed by atoms with van der Waals surface area (Å²) in [5.41, 5.74) is 0.645. The van der Waals surface area contributed by atoms with E-state index >= 15 is 0 Å². The van der Waals surface area contributed by atoms with E-state index in [1.165, 1.54) is 0 Å². The number of hydrogen-bond donors (Lipinski definition) is 2. The molecular weight excluding hydrogens is 428 g/mol. The van der Waals surface area contributed by atoms with E-state index in [4.69, 9.17) is 0 Å². The molecule has 32 heavy (non-hydrogen) atoms. The van der Waals surface area contributed by atoms with Crippen LogP contribution in [0.2, 0.25) is 0 Å². The van der Waals surface area contributed by atoms with Crippen molar-refractivity contribution in [2.75, 3.05) is 44.6 Å². The molecule has 1 aromatic heterocycles. The smallest absolute Gasteiger partial charge is 0.286 e. The van der Waals surface area contributed by atoms with Crippen molar-refractivity contribution < 1.29 is 14.4 Å². The zero-order chi connectivity index (χ0) is 22.9. The second-order valence-electron chi connectivity index (χ2n) is 7.64. The first-order valence-electron chi connectivity index (χ1n) is 11.0. The zero-order valence-corrected chi connectivity index (χ0v) is 19.4. The van der Waals surface area contributed by atoms with Gasteiger partial charge >= 0.3 is 0 Å². The van der Waals surface area contributed by atoms with Crippen LogP contribution in [0.3, 0.4) is 0 Å². The summed E-state index contributed by atoms with van der Waals surface area (Å²) in [4.78, 5) is 41.7. The highest BCUT2D eigenvalue weighted by molar-refractivity contribution is 7.15. The van der Waals surface area contributed by atoms with Crippen LogP contribution in [-0.4, -0.2) is 77.0 Å². The Morgan fingerprint density at radius 3 is 2.56 bits per heavy atom. The van der Waals surface area contributed by atoms with Crippen LogP contribution in [0.4, 0.5) is 5.69 Å². The van der Waals surface area contributed by atoms with E-state index in [0.717, 1.165) is 43.8 Å². The van der Waals surface area contributed by atoms with Gasteiger partial charge in [0.15, 0.2) is 0 Å². The van der Waals surface area contributed by atoms with E-state index in [9.17, 15) is 14.4 Å². The number of hydrogen-bond acceptors (Lipinski definition) is 7. The van der Waals surface area contributed by atoms with Gasteiger partial charge in [0, 0.05) is 31.9 Å². The molecule has 1 fully saturated rings. The van der Waals surface area contributed by atoms with Crippen LogP contribution >= 0.6 is 11.3 Å². The summed E-state index contributed by atoms with van der Waals surface area (Å²) in [5, 5.41) is 13.8. The molecule has 0 aliphatic carbocycles. The standard InChI is InChI=1S/C22H30N6O3S/c1-3-27(4-2)14-12-23-18(29)16-9-8-13-28(15-16)22(31)21-26-25-20(32-21)19(30)24-17-10-6-5-7-11-17/h5-7,10-11,16H,3-4,8-9,12-15H2,1-2H3,(H,23,29)(H,24,30)/t16-/m1/s1. The highest BCUT2D eigenvalue weighted by Crippen LogP contribution is 2.21. The van der Waals surface area contributed by atoms with Crippen molar-refractivity contribution in [2.45, 2.75) is 26.7 Å². The minimum absolute atomic E-state index is 0.0187. The lowest BCUT2D eigenvalue weighted by Crippen LogP contribution is -2.46. The number of piperidine rings is 1. The number of rotatable bonds is 9. The average molecular weight is 459 g/mol. The maximum absolute atomic E-state index is 12.9.